The zero-order valence-electron chi connectivity index (χ0n) is 7.86. The molecule has 0 atom stereocenters. The minimum atomic E-state index is -4.81. The van der Waals surface area contributed by atoms with Crippen molar-refractivity contribution in [3.8, 4) is 0 Å². The Morgan fingerprint density at radius 1 is 1.38 bits per heavy atom. The molecule has 0 heterocycles. The molecular formula is C9H5BrF4O2. The summed E-state index contributed by atoms with van der Waals surface area (Å²) in [7, 11) is 0.878. The maximum atomic E-state index is 13.4. The third kappa shape index (κ3) is 2.34. The molecule has 1 aromatic rings. The molecule has 0 bridgehead atoms. The molecule has 0 aliphatic heterocycles. The highest BCUT2D eigenvalue weighted by Gasteiger charge is 2.37. The van der Waals surface area contributed by atoms with E-state index in [0.717, 1.165) is 13.2 Å². The highest BCUT2D eigenvalue weighted by molar-refractivity contribution is 9.10. The molecule has 0 N–H and O–H groups in total. The standard InChI is InChI=1S/C9H5BrF4O2/c1-16-8(15)6-4(9(12,13)14)2-3-5(10)7(6)11/h2-3H,1H3. The molecule has 0 amide bonds. The van der Waals surface area contributed by atoms with Crippen LogP contribution in [0.3, 0.4) is 0 Å². The lowest BCUT2D eigenvalue weighted by atomic mass is 10.1. The van der Waals surface area contributed by atoms with E-state index >= 15 is 0 Å². The van der Waals surface area contributed by atoms with Crippen molar-refractivity contribution in [3.63, 3.8) is 0 Å². The highest BCUT2D eigenvalue weighted by atomic mass is 79.9. The van der Waals surface area contributed by atoms with E-state index in [1.165, 1.54) is 0 Å². The predicted octanol–water partition coefficient (Wildman–Crippen LogP) is 3.39. The van der Waals surface area contributed by atoms with Gasteiger partial charge >= 0.3 is 12.1 Å². The minimum absolute atomic E-state index is 0.235. The van der Waals surface area contributed by atoms with Crippen LogP contribution in [0.5, 0.6) is 0 Å². The number of hydrogen-bond donors (Lipinski definition) is 0. The first kappa shape index (κ1) is 13.0. The molecule has 88 valence electrons. The van der Waals surface area contributed by atoms with E-state index in [1.807, 2.05) is 0 Å². The monoisotopic (exact) mass is 300 g/mol. The molecule has 0 aliphatic rings. The number of halogens is 5. The third-order valence-corrected chi connectivity index (χ3v) is 2.40. The van der Waals surface area contributed by atoms with Gasteiger partial charge in [0, 0.05) is 0 Å². The smallest absolute Gasteiger partial charge is 0.417 e. The molecule has 0 saturated heterocycles. The lowest BCUT2D eigenvalue weighted by molar-refractivity contribution is -0.138. The van der Waals surface area contributed by atoms with E-state index in [4.69, 9.17) is 0 Å². The molecule has 7 heteroatoms. The number of hydrogen-bond acceptors (Lipinski definition) is 2. The van der Waals surface area contributed by atoms with Crippen LogP contribution in [-0.4, -0.2) is 13.1 Å². The molecule has 2 nitrogen and oxygen atoms in total. The van der Waals surface area contributed by atoms with E-state index in [9.17, 15) is 22.4 Å². The molecule has 0 aromatic heterocycles. The lowest BCUT2D eigenvalue weighted by Crippen LogP contribution is -2.16. The number of benzene rings is 1. The number of carbonyl (C=O) groups is 1. The Kier molecular flexibility index (Phi) is 3.57. The van der Waals surface area contributed by atoms with Crippen molar-refractivity contribution in [3.05, 3.63) is 33.5 Å². The first-order chi connectivity index (χ1) is 7.29. The zero-order valence-corrected chi connectivity index (χ0v) is 9.45. The average Bonchev–Trinajstić information content (AvgIpc) is 2.19. The summed E-state index contributed by atoms with van der Waals surface area (Å²) in [6.45, 7) is 0. The summed E-state index contributed by atoms with van der Waals surface area (Å²) < 4.78 is 54.7. The summed E-state index contributed by atoms with van der Waals surface area (Å²) in [5.74, 6) is -2.66. The van der Waals surface area contributed by atoms with Gasteiger partial charge in [-0.3, -0.25) is 0 Å². The van der Waals surface area contributed by atoms with Crippen molar-refractivity contribution in [2.75, 3.05) is 7.11 Å². The first-order valence-corrected chi connectivity index (χ1v) is 4.72. The Balaban J connectivity index is 3.51. The Morgan fingerprint density at radius 3 is 2.38 bits per heavy atom. The maximum Gasteiger partial charge on any atom is 0.417 e. The number of carbonyl (C=O) groups excluding carboxylic acids is 1. The molecule has 0 aliphatic carbocycles. The van der Waals surface area contributed by atoms with Gasteiger partial charge in [-0.05, 0) is 28.1 Å². The van der Waals surface area contributed by atoms with E-state index in [1.54, 1.807) is 0 Å². The molecule has 0 saturated carbocycles. The number of esters is 1. The zero-order chi connectivity index (χ0) is 12.5. The van der Waals surface area contributed by atoms with Crippen LogP contribution in [0.25, 0.3) is 0 Å². The molecular weight excluding hydrogens is 296 g/mol. The topological polar surface area (TPSA) is 26.3 Å². The van der Waals surface area contributed by atoms with Gasteiger partial charge in [0.15, 0.2) is 5.82 Å². The molecule has 16 heavy (non-hydrogen) atoms. The molecule has 0 fully saturated rings. The normalized spacial score (nSPS) is 11.4. The summed E-state index contributed by atoms with van der Waals surface area (Å²) >= 11 is 2.69. The molecule has 0 spiro atoms. The van der Waals surface area contributed by atoms with Gasteiger partial charge in [-0.2, -0.15) is 13.2 Å². The Hall–Kier alpha value is -1.11. The number of ether oxygens (including phenoxy) is 1. The number of alkyl halides is 3. The molecule has 1 rings (SSSR count). The van der Waals surface area contributed by atoms with Crippen molar-refractivity contribution in [1.82, 2.24) is 0 Å². The first-order valence-electron chi connectivity index (χ1n) is 3.92. The SMILES string of the molecule is COC(=O)c1c(C(F)(F)F)ccc(Br)c1F. The fourth-order valence-corrected chi connectivity index (χ4v) is 1.42. The van der Waals surface area contributed by atoms with Crippen LogP contribution in [0.4, 0.5) is 17.6 Å². The summed E-state index contributed by atoms with van der Waals surface area (Å²) in [4.78, 5) is 11.1. The van der Waals surface area contributed by atoms with Gasteiger partial charge in [-0.15, -0.1) is 0 Å². The second-order valence-electron chi connectivity index (χ2n) is 2.77. The quantitative estimate of drug-likeness (QED) is 0.587. The van der Waals surface area contributed by atoms with E-state index in [-0.39, 0.29) is 4.47 Å². The lowest BCUT2D eigenvalue weighted by Gasteiger charge is -2.12. The van der Waals surface area contributed by atoms with Gasteiger partial charge in [0.1, 0.15) is 5.56 Å². The van der Waals surface area contributed by atoms with Crippen LogP contribution < -0.4 is 0 Å². The van der Waals surface area contributed by atoms with Crippen LogP contribution in [0.1, 0.15) is 15.9 Å². The summed E-state index contributed by atoms with van der Waals surface area (Å²) in [5, 5.41) is 0. The Labute approximate surface area is 96.3 Å². The number of rotatable bonds is 1. The fraction of sp³-hybridized carbons (Fsp3) is 0.222. The van der Waals surface area contributed by atoms with Gasteiger partial charge in [-0.25, -0.2) is 9.18 Å². The van der Waals surface area contributed by atoms with Gasteiger partial charge in [0.2, 0.25) is 0 Å². The second-order valence-corrected chi connectivity index (χ2v) is 3.63. The van der Waals surface area contributed by atoms with Crippen LogP contribution in [0.2, 0.25) is 0 Å². The van der Waals surface area contributed by atoms with Crippen molar-refractivity contribution in [2.45, 2.75) is 6.18 Å². The van der Waals surface area contributed by atoms with Crippen molar-refractivity contribution >= 4 is 21.9 Å². The average molecular weight is 301 g/mol. The van der Waals surface area contributed by atoms with Crippen LogP contribution >= 0.6 is 15.9 Å². The van der Waals surface area contributed by atoms with Crippen LogP contribution in [-0.2, 0) is 10.9 Å². The van der Waals surface area contributed by atoms with E-state index in [0.29, 0.717) is 6.07 Å². The van der Waals surface area contributed by atoms with Crippen molar-refractivity contribution in [2.24, 2.45) is 0 Å². The minimum Gasteiger partial charge on any atom is -0.465 e. The van der Waals surface area contributed by atoms with Crippen molar-refractivity contribution in [1.29, 1.82) is 0 Å². The van der Waals surface area contributed by atoms with Gasteiger partial charge in [0.25, 0.3) is 0 Å². The van der Waals surface area contributed by atoms with Gasteiger partial charge < -0.3 is 4.74 Å². The summed E-state index contributed by atoms with van der Waals surface area (Å²) in [5.41, 5.74) is -2.48. The van der Waals surface area contributed by atoms with Gasteiger partial charge in [-0.1, -0.05) is 0 Å². The molecule has 0 radical (unpaired) electrons. The molecule has 1 aromatic carbocycles. The van der Waals surface area contributed by atoms with Crippen LogP contribution in [0, 0.1) is 5.82 Å². The molecule has 0 unspecified atom stereocenters. The van der Waals surface area contributed by atoms with E-state index in [2.05, 4.69) is 20.7 Å². The summed E-state index contributed by atoms with van der Waals surface area (Å²) in [6.07, 6.45) is -4.81. The van der Waals surface area contributed by atoms with E-state index < -0.39 is 29.1 Å². The number of methoxy groups -OCH3 is 1. The largest absolute Gasteiger partial charge is 0.465 e. The highest BCUT2D eigenvalue weighted by Crippen LogP contribution is 2.35. The fourth-order valence-electron chi connectivity index (χ4n) is 1.09. The second kappa shape index (κ2) is 4.40. The van der Waals surface area contributed by atoms with Crippen LogP contribution in [0.15, 0.2) is 16.6 Å². The predicted molar refractivity (Wildman–Crippen MR) is 50.4 cm³/mol. The van der Waals surface area contributed by atoms with Crippen molar-refractivity contribution < 1.29 is 27.1 Å². The Bertz CT molecular complexity index is 428. The Morgan fingerprint density at radius 2 is 1.94 bits per heavy atom. The third-order valence-electron chi connectivity index (χ3n) is 1.79. The van der Waals surface area contributed by atoms with Gasteiger partial charge in [0.05, 0.1) is 17.1 Å². The summed E-state index contributed by atoms with van der Waals surface area (Å²) in [6, 6.07) is 1.49. The maximum absolute atomic E-state index is 13.4.